The highest BCUT2D eigenvalue weighted by Crippen LogP contribution is 2.39. The van der Waals surface area contributed by atoms with Crippen LogP contribution in [0, 0.1) is 0 Å². The molecule has 1 heterocycles. The molecule has 6 heteroatoms. The molecule has 2 amide bonds. The van der Waals surface area contributed by atoms with Crippen LogP contribution in [0.1, 0.15) is 6.92 Å². The molecule has 0 radical (unpaired) electrons. The number of hydrogen-bond acceptors (Lipinski definition) is 4. The first-order valence-electron chi connectivity index (χ1n) is 5.28. The van der Waals surface area contributed by atoms with Crippen LogP contribution in [0.3, 0.4) is 0 Å². The second kappa shape index (κ2) is 5.04. The Kier molecular flexibility index (Phi) is 3.63. The van der Waals surface area contributed by atoms with Crippen molar-refractivity contribution in [2.75, 3.05) is 6.54 Å². The highest BCUT2D eigenvalue weighted by molar-refractivity contribution is 8.04. The summed E-state index contributed by atoms with van der Waals surface area (Å²) in [6, 6.07) is 6.57. The summed E-state index contributed by atoms with van der Waals surface area (Å²) in [4.78, 5) is 25.3. The quantitative estimate of drug-likeness (QED) is 0.865. The van der Waals surface area contributed by atoms with Gasteiger partial charge in [0.25, 0.3) is 11.8 Å². The number of para-hydroxylation sites is 1. The van der Waals surface area contributed by atoms with E-state index in [1.807, 2.05) is 0 Å². The van der Waals surface area contributed by atoms with E-state index in [4.69, 9.17) is 11.6 Å². The number of likely N-dealkylation sites (N-methyl/N-ethyl adjacent to an activating group) is 1. The molecule has 1 aliphatic rings. The fraction of sp³-hybridized carbons (Fsp3) is 0.167. The maximum Gasteiger partial charge on any atom is 0.273 e. The lowest BCUT2D eigenvalue weighted by atomic mass is 10.3. The van der Waals surface area contributed by atoms with Gasteiger partial charge in [0.2, 0.25) is 0 Å². The number of phenols is 1. The number of imide groups is 1. The van der Waals surface area contributed by atoms with Crippen molar-refractivity contribution < 1.29 is 14.7 Å². The van der Waals surface area contributed by atoms with Gasteiger partial charge in [-0.1, -0.05) is 35.5 Å². The smallest absolute Gasteiger partial charge is 0.273 e. The molecule has 1 aromatic carbocycles. The number of carbonyl (C=O) groups is 2. The number of phenolic OH excluding ortho intramolecular Hbond substituents is 1. The van der Waals surface area contributed by atoms with Gasteiger partial charge in [-0.15, -0.1) is 0 Å². The number of rotatable bonds is 3. The fourth-order valence-corrected chi connectivity index (χ4v) is 2.77. The van der Waals surface area contributed by atoms with E-state index >= 15 is 0 Å². The van der Waals surface area contributed by atoms with Gasteiger partial charge in [0, 0.05) is 6.54 Å². The van der Waals surface area contributed by atoms with Gasteiger partial charge in [0.05, 0.1) is 4.90 Å². The molecular formula is C12H10ClNO3S. The number of nitrogens with zero attached hydrogens (tertiary/aromatic N) is 1. The third kappa shape index (κ3) is 2.11. The Bertz CT molecular complexity index is 556. The van der Waals surface area contributed by atoms with Crippen molar-refractivity contribution >= 4 is 35.2 Å². The van der Waals surface area contributed by atoms with Gasteiger partial charge >= 0.3 is 0 Å². The SMILES string of the molecule is CCN1C(=O)C(Cl)=C(Sc2ccccc2O)C1=O. The summed E-state index contributed by atoms with van der Waals surface area (Å²) in [6.45, 7) is 1.98. The summed E-state index contributed by atoms with van der Waals surface area (Å²) < 4.78 is 0. The van der Waals surface area contributed by atoms with E-state index in [1.54, 1.807) is 25.1 Å². The zero-order chi connectivity index (χ0) is 13.3. The van der Waals surface area contributed by atoms with E-state index < -0.39 is 11.8 Å². The first-order valence-corrected chi connectivity index (χ1v) is 6.47. The molecule has 0 atom stereocenters. The van der Waals surface area contributed by atoms with Gasteiger partial charge < -0.3 is 5.11 Å². The van der Waals surface area contributed by atoms with Crippen LogP contribution in [0.15, 0.2) is 39.1 Å². The topological polar surface area (TPSA) is 57.6 Å². The largest absolute Gasteiger partial charge is 0.507 e. The number of halogens is 1. The third-order valence-electron chi connectivity index (χ3n) is 2.47. The predicted molar refractivity (Wildman–Crippen MR) is 69.2 cm³/mol. The molecule has 1 aliphatic heterocycles. The van der Waals surface area contributed by atoms with Crippen molar-refractivity contribution in [3.63, 3.8) is 0 Å². The van der Waals surface area contributed by atoms with Crippen molar-refractivity contribution in [1.82, 2.24) is 4.90 Å². The zero-order valence-electron chi connectivity index (χ0n) is 9.51. The third-order valence-corrected chi connectivity index (χ3v) is 4.08. The van der Waals surface area contributed by atoms with Gasteiger partial charge in [-0.25, -0.2) is 0 Å². The zero-order valence-corrected chi connectivity index (χ0v) is 11.1. The molecule has 2 rings (SSSR count). The Morgan fingerprint density at radius 2 is 1.94 bits per heavy atom. The lowest BCUT2D eigenvalue weighted by Crippen LogP contribution is -2.30. The maximum atomic E-state index is 11.9. The molecule has 0 aromatic heterocycles. The van der Waals surface area contributed by atoms with Crippen molar-refractivity contribution in [1.29, 1.82) is 0 Å². The van der Waals surface area contributed by atoms with Crippen LogP contribution >= 0.6 is 23.4 Å². The van der Waals surface area contributed by atoms with Crippen LogP contribution in [-0.2, 0) is 9.59 Å². The second-order valence-electron chi connectivity index (χ2n) is 3.57. The number of carbonyl (C=O) groups excluding carboxylic acids is 2. The molecule has 0 spiro atoms. The van der Waals surface area contributed by atoms with Crippen LogP contribution in [0.2, 0.25) is 0 Å². The van der Waals surface area contributed by atoms with Gasteiger partial charge in [0.15, 0.2) is 0 Å². The highest BCUT2D eigenvalue weighted by Gasteiger charge is 2.37. The molecule has 1 N–H and O–H groups in total. The summed E-state index contributed by atoms with van der Waals surface area (Å²) >= 11 is 6.87. The lowest BCUT2D eigenvalue weighted by Gasteiger charge is -2.10. The van der Waals surface area contributed by atoms with E-state index in [-0.39, 0.29) is 22.2 Å². The van der Waals surface area contributed by atoms with E-state index in [0.29, 0.717) is 4.90 Å². The first-order chi connectivity index (χ1) is 8.56. The Labute approximate surface area is 113 Å². The molecule has 18 heavy (non-hydrogen) atoms. The van der Waals surface area contributed by atoms with E-state index in [2.05, 4.69) is 0 Å². The Morgan fingerprint density at radius 1 is 1.28 bits per heavy atom. The van der Waals surface area contributed by atoms with Crippen LogP contribution < -0.4 is 0 Å². The summed E-state index contributed by atoms with van der Waals surface area (Å²) in [6.07, 6.45) is 0. The Morgan fingerprint density at radius 3 is 2.50 bits per heavy atom. The average Bonchev–Trinajstić information content (AvgIpc) is 2.56. The molecule has 0 bridgehead atoms. The van der Waals surface area contributed by atoms with Crippen LogP contribution in [-0.4, -0.2) is 28.4 Å². The summed E-state index contributed by atoms with van der Waals surface area (Å²) in [5, 5.41) is 9.55. The average molecular weight is 284 g/mol. The molecule has 0 unspecified atom stereocenters. The van der Waals surface area contributed by atoms with Crippen molar-refractivity contribution in [3.05, 3.63) is 34.2 Å². The van der Waals surface area contributed by atoms with Crippen molar-refractivity contribution in [2.45, 2.75) is 11.8 Å². The molecule has 0 saturated carbocycles. The molecule has 94 valence electrons. The highest BCUT2D eigenvalue weighted by atomic mass is 35.5. The lowest BCUT2D eigenvalue weighted by molar-refractivity contribution is -0.136. The van der Waals surface area contributed by atoms with Crippen molar-refractivity contribution in [3.8, 4) is 5.75 Å². The Hall–Kier alpha value is -1.46. The monoisotopic (exact) mass is 283 g/mol. The van der Waals surface area contributed by atoms with E-state index in [0.717, 1.165) is 16.7 Å². The molecule has 0 aliphatic carbocycles. The van der Waals surface area contributed by atoms with Gasteiger partial charge in [0.1, 0.15) is 15.7 Å². The molecule has 0 fully saturated rings. The summed E-state index contributed by atoms with van der Waals surface area (Å²) in [5.74, 6) is -0.850. The fourth-order valence-electron chi connectivity index (χ4n) is 1.55. The summed E-state index contributed by atoms with van der Waals surface area (Å²) in [5.41, 5.74) is 0. The van der Waals surface area contributed by atoms with Crippen LogP contribution in [0.25, 0.3) is 0 Å². The molecule has 0 saturated heterocycles. The number of hydrogen-bond donors (Lipinski definition) is 1. The summed E-state index contributed by atoms with van der Waals surface area (Å²) in [7, 11) is 0. The van der Waals surface area contributed by atoms with Gasteiger partial charge in [-0.2, -0.15) is 0 Å². The Balaban J connectivity index is 2.33. The molecular weight excluding hydrogens is 274 g/mol. The normalized spacial score (nSPS) is 15.8. The van der Waals surface area contributed by atoms with E-state index in [9.17, 15) is 14.7 Å². The predicted octanol–water partition coefficient (Wildman–Crippen LogP) is 2.32. The number of amides is 2. The van der Waals surface area contributed by atoms with Gasteiger partial charge in [-0.05, 0) is 19.1 Å². The minimum atomic E-state index is -0.484. The minimum absolute atomic E-state index is 0.0506. The molecule has 1 aromatic rings. The number of benzene rings is 1. The number of thioether (sulfide) groups is 1. The number of aromatic hydroxyl groups is 1. The van der Waals surface area contributed by atoms with Crippen LogP contribution in [0.4, 0.5) is 0 Å². The minimum Gasteiger partial charge on any atom is -0.507 e. The maximum absolute atomic E-state index is 11.9. The standard InChI is InChI=1S/C12H10ClNO3S/c1-2-14-11(16)9(13)10(12(14)17)18-8-6-4-3-5-7(8)15/h3-6,15H,2H2,1H3. The van der Waals surface area contributed by atoms with Crippen molar-refractivity contribution in [2.24, 2.45) is 0 Å². The van der Waals surface area contributed by atoms with E-state index in [1.165, 1.54) is 6.07 Å². The molecule has 4 nitrogen and oxygen atoms in total. The van der Waals surface area contributed by atoms with Crippen LogP contribution in [0.5, 0.6) is 5.75 Å². The first kappa shape index (κ1) is 13.0. The second-order valence-corrected chi connectivity index (χ2v) is 5.00. The van der Waals surface area contributed by atoms with Gasteiger partial charge in [-0.3, -0.25) is 14.5 Å².